The average molecular weight is 228 g/mol. The van der Waals surface area contributed by atoms with Crippen molar-refractivity contribution in [1.82, 2.24) is 9.88 Å². The number of hydrogen-bond acceptors (Lipinski definition) is 1. The fourth-order valence-corrected chi connectivity index (χ4v) is 1.86. The maximum Gasteiger partial charge on any atom is 0.267 e. The van der Waals surface area contributed by atoms with Crippen LogP contribution in [0.3, 0.4) is 0 Å². The molecule has 1 amide bonds. The van der Waals surface area contributed by atoms with Gasteiger partial charge in [-0.25, -0.2) is 8.78 Å². The van der Waals surface area contributed by atoms with Crippen molar-refractivity contribution in [2.75, 3.05) is 13.1 Å². The van der Waals surface area contributed by atoms with Crippen LogP contribution in [0.4, 0.5) is 8.78 Å². The Morgan fingerprint density at radius 1 is 1.62 bits per heavy atom. The van der Waals surface area contributed by atoms with Crippen molar-refractivity contribution in [3.63, 3.8) is 0 Å². The quantitative estimate of drug-likeness (QED) is 0.785. The van der Waals surface area contributed by atoms with Crippen LogP contribution < -0.4 is 0 Å². The van der Waals surface area contributed by atoms with Crippen LogP contribution in [0.2, 0.25) is 0 Å². The summed E-state index contributed by atoms with van der Waals surface area (Å²) in [6, 6.07) is 1.60. The first-order valence-electron chi connectivity index (χ1n) is 5.30. The third-order valence-corrected chi connectivity index (χ3v) is 3.09. The lowest BCUT2D eigenvalue weighted by Gasteiger charge is -2.36. The van der Waals surface area contributed by atoms with E-state index in [0.29, 0.717) is 18.5 Å². The van der Waals surface area contributed by atoms with Crippen molar-refractivity contribution in [3.8, 4) is 0 Å². The number of nitrogens with one attached hydrogen (secondary N) is 1. The van der Waals surface area contributed by atoms with E-state index in [1.54, 1.807) is 12.3 Å². The van der Waals surface area contributed by atoms with Crippen LogP contribution >= 0.6 is 0 Å². The van der Waals surface area contributed by atoms with Crippen molar-refractivity contribution < 1.29 is 13.6 Å². The lowest BCUT2D eigenvalue weighted by molar-refractivity contribution is -0.0957. The van der Waals surface area contributed by atoms with Gasteiger partial charge in [-0.05, 0) is 12.5 Å². The molecule has 1 aliphatic rings. The minimum atomic E-state index is -2.77. The summed E-state index contributed by atoms with van der Waals surface area (Å²) in [5, 5.41) is 0. The third-order valence-electron chi connectivity index (χ3n) is 3.09. The van der Waals surface area contributed by atoms with Crippen LogP contribution in [0.1, 0.15) is 23.7 Å². The molecule has 88 valence electrons. The predicted octanol–water partition coefficient (Wildman–Crippen LogP) is 2.13. The van der Waals surface area contributed by atoms with Gasteiger partial charge in [-0.2, -0.15) is 0 Å². The number of H-pyrrole nitrogens is 1. The molecule has 0 aliphatic carbocycles. The Kier molecular flexibility index (Phi) is 2.69. The Morgan fingerprint density at radius 3 is 2.94 bits per heavy atom. The monoisotopic (exact) mass is 228 g/mol. The van der Waals surface area contributed by atoms with Gasteiger partial charge in [0.1, 0.15) is 0 Å². The van der Waals surface area contributed by atoms with Gasteiger partial charge in [0.2, 0.25) is 0 Å². The second kappa shape index (κ2) is 3.88. The zero-order valence-electron chi connectivity index (χ0n) is 9.04. The number of halogens is 2. The molecule has 5 heteroatoms. The Morgan fingerprint density at radius 2 is 2.38 bits per heavy atom. The van der Waals surface area contributed by atoms with Gasteiger partial charge in [-0.1, -0.05) is 6.92 Å². The predicted molar refractivity (Wildman–Crippen MR) is 55.4 cm³/mol. The molecule has 0 radical (unpaired) electrons. The summed E-state index contributed by atoms with van der Waals surface area (Å²) in [6.45, 7) is 1.46. The van der Waals surface area contributed by atoms with Crippen molar-refractivity contribution in [3.05, 3.63) is 24.0 Å². The fraction of sp³-hybridized carbons (Fsp3) is 0.545. The molecular formula is C11H14F2N2O. The molecular weight excluding hydrogens is 214 g/mol. The van der Waals surface area contributed by atoms with Gasteiger partial charge in [-0.3, -0.25) is 4.79 Å². The summed E-state index contributed by atoms with van der Waals surface area (Å²) in [5.74, 6) is -3.75. The molecule has 3 nitrogen and oxygen atoms in total. The molecule has 0 spiro atoms. The number of amides is 1. The highest BCUT2D eigenvalue weighted by molar-refractivity contribution is 5.94. The van der Waals surface area contributed by atoms with Crippen molar-refractivity contribution in [2.45, 2.75) is 19.3 Å². The maximum absolute atomic E-state index is 13.4. The van der Waals surface area contributed by atoms with Crippen molar-refractivity contribution in [1.29, 1.82) is 0 Å². The summed E-state index contributed by atoms with van der Waals surface area (Å²) in [7, 11) is 0. The Labute approximate surface area is 92.4 Å². The number of aromatic nitrogens is 1. The van der Waals surface area contributed by atoms with E-state index in [4.69, 9.17) is 0 Å². The van der Waals surface area contributed by atoms with Gasteiger partial charge in [0.25, 0.3) is 11.8 Å². The summed E-state index contributed by atoms with van der Waals surface area (Å²) in [4.78, 5) is 15.8. The summed E-state index contributed by atoms with van der Waals surface area (Å²) in [5.41, 5.74) is 0.436. The number of nitrogens with zero attached hydrogens (tertiary/aromatic N) is 1. The molecule has 1 atom stereocenters. The normalized spacial score (nSPS) is 24.4. The summed E-state index contributed by atoms with van der Waals surface area (Å²) in [6.07, 6.45) is 3.49. The van der Waals surface area contributed by atoms with Gasteiger partial charge < -0.3 is 9.88 Å². The minimum Gasteiger partial charge on any atom is -0.367 e. The van der Waals surface area contributed by atoms with E-state index < -0.39 is 18.4 Å². The standard InChI is InChI=1S/C11H14F2N2O/c1-8-3-5-15(7-11(8,12)13)10(16)9-2-4-14-6-9/h2,4,6,8,14H,3,5,7H2,1H3. The number of carbonyl (C=O) groups is 1. The molecule has 0 bridgehead atoms. The van der Waals surface area contributed by atoms with Crippen LogP contribution in [0, 0.1) is 5.92 Å². The molecule has 1 aliphatic heterocycles. The lowest BCUT2D eigenvalue weighted by Crippen LogP contribution is -2.49. The second-order valence-corrected chi connectivity index (χ2v) is 4.28. The van der Waals surface area contributed by atoms with E-state index in [1.807, 2.05) is 0 Å². The van der Waals surface area contributed by atoms with E-state index in [0.717, 1.165) is 0 Å². The molecule has 16 heavy (non-hydrogen) atoms. The first kappa shape index (κ1) is 11.1. The molecule has 2 rings (SSSR count). The van der Waals surface area contributed by atoms with E-state index in [2.05, 4.69) is 4.98 Å². The van der Waals surface area contributed by atoms with E-state index in [-0.39, 0.29) is 5.91 Å². The molecule has 1 aromatic rings. The number of alkyl halides is 2. The van der Waals surface area contributed by atoms with Crippen LogP contribution in [0.5, 0.6) is 0 Å². The maximum atomic E-state index is 13.4. The summed E-state index contributed by atoms with van der Waals surface area (Å²) < 4.78 is 26.9. The molecule has 2 heterocycles. The number of likely N-dealkylation sites (tertiary alicyclic amines) is 1. The van der Waals surface area contributed by atoms with Gasteiger partial charge in [-0.15, -0.1) is 0 Å². The highest BCUT2D eigenvalue weighted by atomic mass is 19.3. The van der Waals surface area contributed by atoms with Crippen molar-refractivity contribution >= 4 is 5.91 Å². The topological polar surface area (TPSA) is 36.1 Å². The first-order valence-corrected chi connectivity index (χ1v) is 5.30. The van der Waals surface area contributed by atoms with E-state index in [1.165, 1.54) is 18.0 Å². The number of rotatable bonds is 1. The molecule has 1 unspecified atom stereocenters. The second-order valence-electron chi connectivity index (χ2n) is 4.28. The highest BCUT2D eigenvalue weighted by Gasteiger charge is 2.43. The van der Waals surface area contributed by atoms with Crippen molar-refractivity contribution in [2.24, 2.45) is 5.92 Å². The molecule has 1 aromatic heterocycles. The zero-order valence-corrected chi connectivity index (χ0v) is 9.04. The number of carbonyl (C=O) groups excluding carboxylic acids is 1. The largest absolute Gasteiger partial charge is 0.367 e. The first-order chi connectivity index (χ1) is 7.50. The zero-order chi connectivity index (χ0) is 11.8. The number of aromatic amines is 1. The minimum absolute atomic E-state index is 0.326. The molecule has 1 fully saturated rings. The van der Waals surface area contributed by atoms with Crippen LogP contribution in [0.15, 0.2) is 18.5 Å². The van der Waals surface area contributed by atoms with Gasteiger partial charge >= 0.3 is 0 Å². The average Bonchev–Trinajstić information content (AvgIpc) is 2.74. The van der Waals surface area contributed by atoms with Crippen LogP contribution in [0.25, 0.3) is 0 Å². The van der Waals surface area contributed by atoms with Crippen LogP contribution in [-0.2, 0) is 0 Å². The van der Waals surface area contributed by atoms with Gasteiger partial charge in [0, 0.05) is 24.9 Å². The Bertz CT molecular complexity index is 375. The van der Waals surface area contributed by atoms with E-state index >= 15 is 0 Å². The lowest BCUT2D eigenvalue weighted by atomic mass is 9.94. The van der Waals surface area contributed by atoms with Gasteiger partial charge in [0.15, 0.2) is 0 Å². The third kappa shape index (κ3) is 1.94. The molecule has 0 aromatic carbocycles. The summed E-state index contributed by atoms with van der Waals surface area (Å²) >= 11 is 0. The number of hydrogen-bond donors (Lipinski definition) is 1. The fourth-order valence-electron chi connectivity index (χ4n) is 1.86. The molecule has 1 N–H and O–H groups in total. The SMILES string of the molecule is CC1CCN(C(=O)c2cc[nH]c2)CC1(F)F. The Balaban J connectivity index is 2.10. The van der Waals surface area contributed by atoms with E-state index in [9.17, 15) is 13.6 Å². The smallest absolute Gasteiger partial charge is 0.267 e. The molecule has 1 saturated heterocycles. The Hall–Kier alpha value is -1.39. The van der Waals surface area contributed by atoms with Gasteiger partial charge in [0.05, 0.1) is 12.1 Å². The number of piperidine rings is 1. The molecule has 0 saturated carbocycles. The highest BCUT2D eigenvalue weighted by Crippen LogP contribution is 2.32. The van der Waals surface area contributed by atoms with Crippen LogP contribution in [-0.4, -0.2) is 34.8 Å².